The van der Waals surface area contributed by atoms with Gasteiger partial charge in [-0.05, 0) is 67.9 Å². The van der Waals surface area contributed by atoms with E-state index in [1.165, 1.54) is 0 Å². The first-order valence-corrected chi connectivity index (χ1v) is 10.2. The average Bonchev–Trinajstić information content (AvgIpc) is 3.19. The standard InChI is InChI=1S/C24H22N8.3ClH/c1-14-13-26-10-9-19(14)28-17-5-3-16(4-6-17)23-30-20-8-7-18(12-21(20)31-23)29-22-11-15(2)27-24(25)32-22;;;/h3-13H,1-2H3,(H,26,28)(H,30,31)(H3,25,27,29,32);3*1H. The van der Waals surface area contributed by atoms with Crippen LogP contribution < -0.4 is 16.4 Å². The number of rotatable bonds is 5. The molecular formula is C24H25Cl3N8. The molecule has 0 fully saturated rings. The fourth-order valence-corrected chi connectivity index (χ4v) is 3.51. The van der Waals surface area contributed by atoms with Gasteiger partial charge in [0.25, 0.3) is 0 Å². The van der Waals surface area contributed by atoms with Gasteiger partial charge in [-0.15, -0.1) is 37.2 Å². The van der Waals surface area contributed by atoms with Crippen LogP contribution in [0.25, 0.3) is 22.4 Å². The Hall–Kier alpha value is -3.59. The first-order valence-electron chi connectivity index (χ1n) is 10.2. The molecule has 5 aromatic rings. The monoisotopic (exact) mass is 530 g/mol. The van der Waals surface area contributed by atoms with Gasteiger partial charge in [-0.25, -0.2) is 9.97 Å². The number of hydrogen-bond acceptors (Lipinski definition) is 7. The van der Waals surface area contributed by atoms with Crippen molar-refractivity contribution in [3.8, 4) is 11.4 Å². The Morgan fingerprint density at radius 1 is 0.800 bits per heavy atom. The first-order chi connectivity index (χ1) is 15.5. The Labute approximate surface area is 221 Å². The maximum Gasteiger partial charge on any atom is 0.222 e. The lowest BCUT2D eigenvalue weighted by atomic mass is 10.2. The highest BCUT2D eigenvalue weighted by atomic mass is 35.5. The van der Waals surface area contributed by atoms with Crippen molar-refractivity contribution in [2.75, 3.05) is 16.4 Å². The SMILES string of the molecule is Cc1cc(Nc2ccc3nc(-c4ccc(Nc5ccncc5C)cc4)[nH]c3c2)nc(N)n1.Cl.Cl.Cl. The smallest absolute Gasteiger partial charge is 0.222 e. The summed E-state index contributed by atoms with van der Waals surface area (Å²) in [6, 6.07) is 17.9. The number of nitrogens with two attached hydrogens (primary N) is 1. The Morgan fingerprint density at radius 3 is 2.26 bits per heavy atom. The molecule has 182 valence electrons. The van der Waals surface area contributed by atoms with Gasteiger partial charge in [0.1, 0.15) is 11.6 Å². The van der Waals surface area contributed by atoms with Crippen LogP contribution in [0.1, 0.15) is 11.3 Å². The summed E-state index contributed by atoms with van der Waals surface area (Å²) in [7, 11) is 0. The van der Waals surface area contributed by atoms with E-state index in [4.69, 9.17) is 10.7 Å². The van der Waals surface area contributed by atoms with Crippen LogP contribution in [0.5, 0.6) is 0 Å². The minimum atomic E-state index is 0. The first kappa shape index (κ1) is 27.7. The molecule has 0 amide bonds. The largest absolute Gasteiger partial charge is 0.368 e. The van der Waals surface area contributed by atoms with E-state index in [2.05, 4.69) is 30.6 Å². The van der Waals surface area contributed by atoms with Gasteiger partial charge < -0.3 is 21.4 Å². The highest BCUT2D eigenvalue weighted by molar-refractivity contribution is 5.86. The van der Waals surface area contributed by atoms with Crippen molar-refractivity contribution in [1.29, 1.82) is 0 Å². The number of nitrogens with zero attached hydrogens (tertiary/aromatic N) is 4. The van der Waals surface area contributed by atoms with Crippen LogP contribution >= 0.6 is 37.2 Å². The molecule has 0 aliphatic rings. The zero-order chi connectivity index (χ0) is 22.1. The molecule has 0 aliphatic heterocycles. The van der Waals surface area contributed by atoms with E-state index in [-0.39, 0.29) is 43.2 Å². The van der Waals surface area contributed by atoms with Crippen LogP contribution in [0, 0.1) is 13.8 Å². The minimum absolute atomic E-state index is 0. The highest BCUT2D eigenvalue weighted by Crippen LogP contribution is 2.26. The summed E-state index contributed by atoms with van der Waals surface area (Å²) in [5.41, 5.74) is 13.4. The number of nitrogen functional groups attached to an aromatic ring is 1. The fourth-order valence-electron chi connectivity index (χ4n) is 3.51. The number of hydrogen-bond donors (Lipinski definition) is 4. The van der Waals surface area contributed by atoms with Crippen molar-refractivity contribution in [2.24, 2.45) is 0 Å². The number of nitrogens with one attached hydrogen (secondary N) is 3. The average molecular weight is 532 g/mol. The van der Waals surface area contributed by atoms with Gasteiger partial charge in [0.05, 0.1) is 11.0 Å². The minimum Gasteiger partial charge on any atom is -0.368 e. The molecule has 3 aromatic heterocycles. The molecule has 2 aromatic carbocycles. The lowest BCUT2D eigenvalue weighted by Gasteiger charge is -2.09. The number of fused-ring (bicyclic) bond motifs is 1. The van der Waals surface area contributed by atoms with Crippen molar-refractivity contribution >= 4 is 77.1 Å². The predicted molar refractivity (Wildman–Crippen MR) is 150 cm³/mol. The molecule has 0 unspecified atom stereocenters. The van der Waals surface area contributed by atoms with Crippen molar-refractivity contribution in [2.45, 2.75) is 13.8 Å². The van der Waals surface area contributed by atoms with Crippen LogP contribution in [-0.4, -0.2) is 24.9 Å². The number of aromatic nitrogens is 5. The van der Waals surface area contributed by atoms with Crippen LogP contribution in [0.3, 0.4) is 0 Å². The fraction of sp³-hybridized carbons (Fsp3) is 0.0833. The van der Waals surface area contributed by atoms with E-state index in [1.807, 2.05) is 74.6 Å². The molecule has 0 atom stereocenters. The molecule has 5 rings (SSSR count). The van der Waals surface area contributed by atoms with Gasteiger partial charge in [-0.3, -0.25) is 4.98 Å². The van der Waals surface area contributed by atoms with Crippen molar-refractivity contribution in [1.82, 2.24) is 24.9 Å². The molecule has 0 bridgehead atoms. The van der Waals surface area contributed by atoms with Gasteiger partial charge in [-0.2, -0.15) is 4.98 Å². The van der Waals surface area contributed by atoms with Crippen molar-refractivity contribution in [3.05, 3.63) is 78.2 Å². The molecule has 0 radical (unpaired) electrons. The summed E-state index contributed by atoms with van der Waals surface area (Å²) in [5, 5.41) is 6.69. The number of anilines is 5. The molecule has 11 heteroatoms. The molecular weight excluding hydrogens is 507 g/mol. The van der Waals surface area contributed by atoms with Gasteiger partial charge in [-0.1, -0.05) is 0 Å². The Bertz CT molecular complexity index is 1400. The summed E-state index contributed by atoms with van der Waals surface area (Å²) in [6.45, 7) is 3.91. The van der Waals surface area contributed by atoms with Gasteiger partial charge in [0, 0.05) is 46.8 Å². The molecule has 0 saturated carbocycles. The molecule has 0 spiro atoms. The third-order valence-corrected chi connectivity index (χ3v) is 5.08. The predicted octanol–water partition coefficient (Wildman–Crippen LogP) is 6.37. The van der Waals surface area contributed by atoms with Gasteiger partial charge >= 0.3 is 0 Å². The maximum absolute atomic E-state index is 5.75. The molecule has 5 N–H and O–H groups in total. The quantitative estimate of drug-likeness (QED) is 0.208. The number of aromatic amines is 1. The van der Waals surface area contributed by atoms with Gasteiger partial charge in [0.2, 0.25) is 5.95 Å². The number of pyridine rings is 1. The summed E-state index contributed by atoms with van der Waals surface area (Å²) < 4.78 is 0. The second kappa shape index (κ2) is 11.7. The number of benzene rings is 2. The highest BCUT2D eigenvalue weighted by Gasteiger charge is 2.08. The van der Waals surface area contributed by atoms with Crippen LogP contribution in [0.2, 0.25) is 0 Å². The Kier molecular flexibility index (Phi) is 9.25. The topological polar surface area (TPSA) is 117 Å². The lowest BCUT2D eigenvalue weighted by Crippen LogP contribution is -2.01. The molecule has 8 nitrogen and oxygen atoms in total. The van der Waals surface area contributed by atoms with Crippen molar-refractivity contribution in [3.63, 3.8) is 0 Å². The van der Waals surface area contributed by atoms with Crippen LogP contribution in [-0.2, 0) is 0 Å². The number of aryl methyl sites for hydroxylation is 2. The van der Waals surface area contributed by atoms with Crippen LogP contribution in [0.15, 0.2) is 67.0 Å². The molecule has 35 heavy (non-hydrogen) atoms. The zero-order valence-electron chi connectivity index (χ0n) is 18.9. The molecule has 0 saturated heterocycles. The summed E-state index contributed by atoms with van der Waals surface area (Å²) in [5.74, 6) is 1.71. The van der Waals surface area contributed by atoms with Crippen molar-refractivity contribution < 1.29 is 0 Å². The zero-order valence-corrected chi connectivity index (χ0v) is 21.4. The van der Waals surface area contributed by atoms with Gasteiger partial charge in [0.15, 0.2) is 0 Å². The molecule has 3 heterocycles. The third kappa shape index (κ3) is 6.30. The number of imidazole rings is 1. The summed E-state index contributed by atoms with van der Waals surface area (Å²) in [6.07, 6.45) is 3.62. The summed E-state index contributed by atoms with van der Waals surface area (Å²) >= 11 is 0. The second-order valence-corrected chi connectivity index (χ2v) is 7.59. The third-order valence-electron chi connectivity index (χ3n) is 5.08. The lowest BCUT2D eigenvalue weighted by molar-refractivity contribution is 1.12. The van der Waals surface area contributed by atoms with E-state index >= 15 is 0 Å². The summed E-state index contributed by atoms with van der Waals surface area (Å²) in [4.78, 5) is 20.6. The molecule has 0 aliphatic carbocycles. The van der Waals surface area contributed by atoms with Crippen LogP contribution in [0.4, 0.5) is 28.8 Å². The maximum atomic E-state index is 5.75. The number of H-pyrrole nitrogens is 1. The second-order valence-electron chi connectivity index (χ2n) is 7.59. The normalized spacial score (nSPS) is 10.0. The van der Waals surface area contributed by atoms with E-state index in [0.29, 0.717) is 5.82 Å². The Balaban J connectivity index is 0.00000144. The van der Waals surface area contributed by atoms with E-state index in [1.54, 1.807) is 6.20 Å². The Morgan fingerprint density at radius 2 is 1.54 bits per heavy atom. The van der Waals surface area contributed by atoms with E-state index < -0.39 is 0 Å². The van der Waals surface area contributed by atoms with E-state index in [9.17, 15) is 0 Å². The number of halogens is 3. The van der Waals surface area contributed by atoms with E-state index in [0.717, 1.165) is 50.7 Å².